The van der Waals surface area contributed by atoms with Crippen LogP contribution in [0.5, 0.6) is 0 Å². The van der Waals surface area contributed by atoms with E-state index in [1.54, 1.807) is 18.2 Å². The zero-order valence-electron chi connectivity index (χ0n) is 11.2. The van der Waals surface area contributed by atoms with Gasteiger partial charge in [0, 0.05) is 18.9 Å². The van der Waals surface area contributed by atoms with E-state index < -0.39 is 0 Å². The molecule has 0 radical (unpaired) electrons. The van der Waals surface area contributed by atoms with E-state index in [1.807, 2.05) is 7.05 Å². The molecule has 0 saturated carbocycles. The molecule has 0 bridgehead atoms. The lowest BCUT2D eigenvalue weighted by molar-refractivity contribution is 0.355. The molecule has 2 rings (SSSR count). The van der Waals surface area contributed by atoms with Gasteiger partial charge >= 0.3 is 0 Å². The van der Waals surface area contributed by atoms with Crippen LogP contribution in [0.25, 0.3) is 0 Å². The molecule has 0 spiro atoms. The predicted molar refractivity (Wildman–Crippen MR) is 70.3 cm³/mol. The minimum absolute atomic E-state index is 0.240. The molecule has 0 aliphatic heterocycles. The Bertz CT molecular complexity index is 523. The second-order valence-corrected chi connectivity index (χ2v) is 4.47. The molecule has 102 valence electrons. The van der Waals surface area contributed by atoms with Gasteiger partial charge in [-0.25, -0.2) is 4.39 Å². The smallest absolute Gasteiger partial charge is 0.228 e. The van der Waals surface area contributed by atoms with Gasteiger partial charge in [-0.15, -0.1) is 0 Å². The highest BCUT2D eigenvalue weighted by atomic mass is 19.1. The van der Waals surface area contributed by atoms with E-state index in [-0.39, 0.29) is 5.82 Å². The fraction of sp³-hybridized carbons (Fsp3) is 0.429. The van der Waals surface area contributed by atoms with Gasteiger partial charge in [-0.05, 0) is 25.1 Å². The Kier molecular flexibility index (Phi) is 4.63. The molecule has 0 aliphatic rings. The molecule has 0 amide bonds. The first kappa shape index (κ1) is 13.7. The second kappa shape index (κ2) is 6.43. The Balaban J connectivity index is 2.03. The van der Waals surface area contributed by atoms with Crippen LogP contribution in [0, 0.1) is 5.82 Å². The molecule has 1 aromatic carbocycles. The number of hydrogen-bond acceptors (Lipinski definition) is 4. The van der Waals surface area contributed by atoms with Crippen LogP contribution in [0.3, 0.4) is 0 Å². The van der Waals surface area contributed by atoms with E-state index in [4.69, 9.17) is 4.52 Å². The first-order valence-corrected chi connectivity index (χ1v) is 6.45. The van der Waals surface area contributed by atoms with E-state index in [1.165, 1.54) is 6.07 Å². The number of nitrogens with zero attached hydrogens (tertiary/aromatic N) is 2. The van der Waals surface area contributed by atoms with Crippen LogP contribution in [0.2, 0.25) is 0 Å². The highest BCUT2D eigenvalue weighted by Gasteiger charge is 2.13. The highest BCUT2D eigenvalue weighted by molar-refractivity contribution is 5.20. The van der Waals surface area contributed by atoms with E-state index in [0.717, 1.165) is 6.42 Å². The molecule has 1 unspecified atom stereocenters. The molecule has 19 heavy (non-hydrogen) atoms. The van der Waals surface area contributed by atoms with Gasteiger partial charge in [0.2, 0.25) is 5.89 Å². The summed E-state index contributed by atoms with van der Waals surface area (Å²) in [5, 5.41) is 7.07. The zero-order valence-corrected chi connectivity index (χ0v) is 11.2. The molecule has 1 N–H and O–H groups in total. The Labute approximate surface area is 112 Å². The third kappa shape index (κ3) is 3.61. The van der Waals surface area contributed by atoms with Crippen LogP contribution in [-0.2, 0) is 12.8 Å². The molecule has 5 heteroatoms. The zero-order chi connectivity index (χ0) is 13.7. The maximum atomic E-state index is 13.5. The van der Waals surface area contributed by atoms with Gasteiger partial charge in [0.1, 0.15) is 5.82 Å². The number of halogens is 1. The predicted octanol–water partition coefficient (Wildman–Crippen LogP) is 2.34. The number of aromatic nitrogens is 2. The Morgan fingerprint density at radius 2 is 2.16 bits per heavy atom. The highest BCUT2D eigenvalue weighted by Crippen LogP contribution is 2.12. The lowest BCUT2D eigenvalue weighted by Crippen LogP contribution is -2.26. The fourth-order valence-electron chi connectivity index (χ4n) is 1.92. The summed E-state index contributed by atoms with van der Waals surface area (Å²) in [6, 6.07) is 6.95. The quantitative estimate of drug-likeness (QED) is 0.869. The van der Waals surface area contributed by atoms with Crippen LogP contribution in [0.15, 0.2) is 28.8 Å². The molecule has 2 aromatic rings. The van der Waals surface area contributed by atoms with E-state index in [0.29, 0.717) is 36.2 Å². The normalized spacial score (nSPS) is 12.6. The van der Waals surface area contributed by atoms with Crippen LogP contribution >= 0.6 is 0 Å². The molecule has 0 aliphatic carbocycles. The fourth-order valence-corrected chi connectivity index (χ4v) is 1.92. The standard InChI is InChI=1S/C14H18FN3O/c1-3-11(16-2)9-14-17-13(18-19-14)8-10-6-4-5-7-12(10)15/h4-7,11,16H,3,8-9H2,1-2H3. The third-order valence-corrected chi connectivity index (χ3v) is 3.14. The first-order chi connectivity index (χ1) is 9.22. The van der Waals surface area contributed by atoms with Gasteiger partial charge in [0.05, 0.1) is 0 Å². The largest absolute Gasteiger partial charge is 0.339 e. The van der Waals surface area contributed by atoms with Crippen molar-refractivity contribution in [3.8, 4) is 0 Å². The Morgan fingerprint density at radius 3 is 2.84 bits per heavy atom. The van der Waals surface area contributed by atoms with Crippen LogP contribution < -0.4 is 5.32 Å². The van der Waals surface area contributed by atoms with Crippen LogP contribution in [0.1, 0.15) is 30.6 Å². The van der Waals surface area contributed by atoms with Crippen LogP contribution in [0.4, 0.5) is 4.39 Å². The maximum Gasteiger partial charge on any atom is 0.228 e. The molecule has 1 heterocycles. The van der Waals surface area contributed by atoms with Crippen molar-refractivity contribution >= 4 is 0 Å². The summed E-state index contributed by atoms with van der Waals surface area (Å²) >= 11 is 0. The van der Waals surface area contributed by atoms with Crippen molar-refractivity contribution in [3.05, 3.63) is 47.4 Å². The summed E-state index contributed by atoms with van der Waals surface area (Å²) in [5.74, 6) is 0.870. The minimum Gasteiger partial charge on any atom is -0.339 e. The number of benzene rings is 1. The number of rotatable bonds is 6. The van der Waals surface area contributed by atoms with Crippen molar-refractivity contribution in [2.75, 3.05) is 7.05 Å². The molecule has 1 aromatic heterocycles. The molecular formula is C14H18FN3O. The monoisotopic (exact) mass is 263 g/mol. The van der Waals surface area contributed by atoms with Gasteiger partial charge in [-0.1, -0.05) is 30.3 Å². The van der Waals surface area contributed by atoms with E-state index in [2.05, 4.69) is 22.4 Å². The average molecular weight is 263 g/mol. The third-order valence-electron chi connectivity index (χ3n) is 3.14. The summed E-state index contributed by atoms with van der Waals surface area (Å²) in [6.07, 6.45) is 2.03. The van der Waals surface area contributed by atoms with Crippen molar-refractivity contribution in [2.45, 2.75) is 32.2 Å². The lowest BCUT2D eigenvalue weighted by Gasteiger charge is -2.09. The molecule has 0 saturated heterocycles. The first-order valence-electron chi connectivity index (χ1n) is 6.45. The van der Waals surface area contributed by atoms with Crippen molar-refractivity contribution in [2.24, 2.45) is 0 Å². The Morgan fingerprint density at radius 1 is 1.37 bits per heavy atom. The topological polar surface area (TPSA) is 51.0 Å². The van der Waals surface area contributed by atoms with Gasteiger partial charge in [0.25, 0.3) is 0 Å². The maximum absolute atomic E-state index is 13.5. The van der Waals surface area contributed by atoms with Crippen molar-refractivity contribution < 1.29 is 8.91 Å². The van der Waals surface area contributed by atoms with E-state index in [9.17, 15) is 4.39 Å². The molecule has 0 fully saturated rings. The summed E-state index contributed by atoms with van der Waals surface area (Å²) in [7, 11) is 1.91. The average Bonchev–Trinajstić information content (AvgIpc) is 2.86. The van der Waals surface area contributed by atoms with Gasteiger partial charge < -0.3 is 9.84 Å². The van der Waals surface area contributed by atoms with E-state index >= 15 is 0 Å². The minimum atomic E-state index is -0.240. The number of nitrogens with one attached hydrogen (secondary N) is 1. The lowest BCUT2D eigenvalue weighted by atomic mass is 10.1. The van der Waals surface area contributed by atoms with Gasteiger partial charge in [-0.2, -0.15) is 4.98 Å². The molecule has 1 atom stereocenters. The number of hydrogen-bond donors (Lipinski definition) is 1. The Hall–Kier alpha value is -1.75. The summed E-state index contributed by atoms with van der Waals surface area (Å²) in [4.78, 5) is 4.30. The second-order valence-electron chi connectivity index (χ2n) is 4.47. The van der Waals surface area contributed by atoms with Gasteiger partial charge in [0.15, 0.2) is 5.82 Å². The van der Waals surface area contributed by atoms with Crippen molar-refractivity contribution in [1.82, 2.24) is 15.5 Å². The van der Waals surface area contributed by atoms with Crippen molar-refractivity contribution in [3.63, 3.8) is 0 Å². The summed E-state index contributed by atoms with van der Waals surface area (Å²) < 4.78 is 18.7. The van der Waals surface area contributed by atoms with Gasteiger partial charge in [-0.3, -0.25) is 0 Å². The molecule has 4 nitrogen and oxygen atoms in total. The summed E-state index contributed by atoms with van der Waals surface area (Å²) in [5.41, 5.74) is 0.579. The summed E-state index contributed by atoms with van der Waals surface area (Å²) in [6.45, 7) is 2.10. The molecular weight excluding hydrogens is 245 g/mol. The number of likely N-dealkylation sites (N-methyl/N-ethyl adjacent to an activating group) is 1. The van der Waals surface area contributed by atoms with Crippen molar-refractivity contribution in [1.29, 1.82) is 0 Å². The van der Waals surface area contributed by atoms with Crippen LogP contribution in [-0.4, -0.2) is 23.2 Å². The SMILES string of the molecule is CCC(Cc1nc(Cc2ccccc2F)no1)NC.